The summed E-state index contributed by atoms with van der Waals surface area (Å²) in [5, 5.41) is 0. The fourth-order valence-corrected chi connectivity index (χ4v) is 2.93. The maximum atomic E-state index is 13.2. The molecule has 0 spiro atoms. The highest BCUT2D eigenvalue weighted by atomic mass is 16.1. The molecule has 0 saturated heterocycles. The zero-order valence-electron chi connectivity index (χ0n) is 14.0. The van der Waals surface area contributed by atoms with Crippen molar-refractivity contribution in [3.05, 3.63) is 107 Å². The highest BCUT2D eigenvalue weighted by Crippen LogP contribution is 2.30. The monoisotopic (exact) mass is 326 g/mol. The van der Waals surface area contributed by atoms with Crippen LogP contribution >= 0.6 is 0 Å². The molecular weight excluding hydrogens is 308 g/mol. The molecule has 3 aromatic rings. The lowest BCUT2D eigenvalue weighted by atomic mass is 9.88. The van der Waals surface area contributed by atoms with E-state index in [1.807, 2.05) is 85.8 Å². The summed E-state index contributed by atoms with van der Waals surface area (Å²) in [5.74, 6) is -0.0509. The Morgan fingerprint density at radius 3 is 1.84 bits per heavy atom. The van der Waals surface area contributed by atoms with E-state index in [2.05, 4.69) is 0 Å². The van der Waals surface area contributed by atoms with Gasteiger partial charge in [-0.15, -0.1) is 0 Å². The number of rotatable bonds is 5. The summed E-state index contributed by atoms with van der Waals surface area (Å²) in [5.41, 5.74) is 4.23. The molecule has 2 heteroatoms. The van der Waals surface area contributed by atoms with Crippen LogP contribution in [0.15, 0.2) is 84.9 Å². The molecule has 0 fully saturated rings. The molecule has 0 radical (unpaired) electrons. The van der Waals surface area contributed by atoms with Gasteiger partial charge < -0.3 is 0 Å². The first-order valence-corrected chi connectivity index (χ1v) is 8.13. The number of hydrogen-bond donors (Lipinski definition) is 0. The van der Waals surface area contributed by atoms with Crippen molar-refractivity contribution in [2.75, 3.05) is 0 Å². The largest absolute Gasteiger partial charge is 0.298 e. The highest BCUT2D eigenvalue weighted by Gasteiger charge is 2.19. The van der Waals surface area contributed by atoms with E-state index in [0.717, 1.165) is 23.0 Å². The van der Waals surface area contributed by atoms with Crippen LogP contribution in [0.5, 0.6) is 0 Å². The minimum atomic E-state index is -0.0509. The molecule has 0 aromatic heterocycles. The van der Waals surface area contributed by atoms with Gasteiger partial charge in [0.05, 0.1) is 0 Å². The van der Waals surface area contributed by atoms with Crippen LogP contribution in [-0.2, 0) is 0 Å². The zero-order valence-corrected chi connectivity index (χ0v) is 14.0. The summed E-state index contributed by atoms with van der Waals surface area (Å²) >= 11 is 0. The average Bonchev–Trinajstić information content (AvgIpc) is 2.69. The first-order valence-electron chi connectivity index (χ1n) is 8.13. The van der Waals surface area contributed by atoms with Crippen LogP contribution in [0, 0.1) is 0 Å². The smallest absolute Gasteiger partial charge is 0.193 e. The summed E-state index contributed by atoms with van der Waals surface area (Å²) in [6, 6.07) is 26.1. The second-order valence-corrected chi connectivity index (χ2v) is 5.77. The summed E-state index contributed by atoms with van der Waals surface area (Å²) < 4.78 is 0. The molecule has 0 aliphatic carbocycles. The minimum absolute atomic E-state index is 0.0509. The second-order valence-electron chi connectivity index (χ2n) is 5.77. The molecule has 0 aliphatic rings. The van der Waals surface area contributed by atoms with Gasteiger partial charge in [-0.2, -0.15) is 0 Å². The lowest BCUT2D eigenvalue weighted by Crippen LogP contribution is -2.06. The van der Waals surface area contributed by atoms with Crippen LogP contribution in [0.3, 0.4) is 0 Å². The van der Waals surface area contributed by atoms with Crippen molar-refractivity contribution < 1.29 is 9.59 Å². The van der Waals surface area contributed by atoms with Gasteiger partial charge in [-0.05, 0) is 23.6 Å². The minimum Gasteiger partial charge on any atom is -0.298 e. The molecule has 3 aromatic carbocycles. The summed E-state index contributed by atoms with van der Waals surface area (Å²) in [4.78, 5) is 24.6. The van der Waals surface area contributed by atoms with Crippen molar-refractivity contribution in [2.24, 2.45) is 0 Å². The number of allylic oxidation sites excluding steroid dienone is 2. The molecule has 0 amide bonds. The van der Waals surface area contributed by atoms with E-state index in [0.29, 0.717) is 16.7 Å². The molecule has 0 saturated carbocycles. The summed E-state index contributed by atoms with van der Waals surface area (Å²) in [6.45, 7) is 1.89. The van der Waals surface area contributed by atoms with Crippen LogP contribution in [0.25, 0.3) is 11.1 Å². The fraction of sp³-hybridized carbons (Fsp3) is 0.0435. The van der Waals surface area contributed by atoms with E-state index in [1.54, 1.807) is 6.07 Å². The van der Waals surface area contributed by atoms with Gasteiger partial charge in [-0.1, -0.05) is 84.9 Å². The van der Waals surface area contributed by atoms with Crippen molar-refractivity contribution in [3.8, 4) is 0 Å². The van der Waals surface area contributed by atoms with Crippen molar-refractivity contribution >= 4 is 23.2 Å². The Hall–Kier alpha value is -3.26. The van der Waals surface area contributed by atoms with Crippen molar-refractivity contribution in [1.82, 2.24) is 0 Å². The van der Waals surface area contributed by atoms with E-state index in [4.69, 9.17) is 0 Å². The number of Topliss-reactive ketones (excluding diaryl/α,β-unsaturated/α-hetero) is 1. The van der Waals surface area contributed by atoms with E-state index in [1.165, 1.54) is 0 Å². The molecule has 25 heavy (non-hydrogen) atoms. The molecular formula is C23H18O2. The van der Waals surface area contributed by atoms with Gasteiger partial charge in [-0.25, -0.2) is 0 Å². The van der Waals surface area contributed by atoms with Gasteiger partial charge >= 0.3 is 0 Å². The van der Waals surface area contributed by atoms with E-state index >= 15 is 0 Å². The van der Waals surface area contributed by atoms with Crippen molar-refractivity contribution in [1.29, 1.82) is 0 Å². The van der Waals surface area contributed by atoms with Gasteiger partial charge in [0.25, 0.3) is 0 Å². The van der Waals surface area contributed by atoms with E-state index in [-0.39, 0.29) is 5.78 Å². The zero-order chi connectivity index (χ0) is 17.6. The average molecular weight is 326 g/mol. The number of carbonyl (C=O) groups excluding carboxylic acids is 2. The Bertz CT molecular complexity index is 923. The molecule has 0 aliphatic heterocycles. The second kappa shape index (κ2) is 7.54. The lowest BCUT2D eigenvalue weighted by molar-refractivity contribution is 0.105. The van der Waals surface area contributed by atoms with Gasteiger partial charge in [0, 0.05) is 16.7 Å². The van der Waals surface area contributed by atoms with E-state index < -0.39 is 0 Å². The first kappa shape index (κ1) is 16.6. The number of aldehydes is 1. The fourth-order valence-electron chi connectivity index (χ4n) is 2.93. The normalized spacial score (nSPS) is 11.6. The maximum absolute atomic E-state index is 13.2. The molecule has 0 unspecified atom stereocenters. The van der Waals surface area contributed by atoms with Crippen molar-refractivity contribution in [3.63, 3.8) is 0 Å². The van der Waals surface area contributed by atoms with Crippen LogP contribution in [-0.4, -0.2) is 12.1 Å². The predicted molar refractivity (Wildman–Crippen MR) is 102 cm³/mol. The van der Waals surface area contributed by atoms with Gasteiger partial charge in [0.1, 0.15) is 0 Å². The number of carbonyl (C=O) groups is 2. The molecule has 0 N–H and O–H groups in total. The number of benzene rings is 3. The molecule has 122 valence electrons. The summed E-state index contributed by atoms with van der Waals surface area (Å²) in [7, 11) is 0. The molecule has 2 nitrogen and oxygen atoms in total. The van der Waals surface area contributed by atoms with Crippen molar-refractivity contribution in [2.45, 2.75) is 6.92 Å². The Kier molecular flexibility index (Phi) is 5.00. The number of ketones is 1. The Morgan fingerprint density at radius 2 is 1.24 bits per heavy atom. The molecule has 0 bridgehead atoms. The molecule has 3 rings (SSSR count). The Balaban J connectivity index is 2.24. The standard InChI is InChI=1S/C23H18O2/c1-17(21-15-9-8-14-20(21)16-24)22(18-10-4-2-5-11-18)23(25)19-12-6-3-7-13-19/h2-16H,1H3/b22-17-. The number of hydrogen-bond acceptors (Lipinski definition) is 2. The first-order chi connectivity index (χ1) is 12.2. The molecule has 0 atom stereocenters. The van der Waals surface area contributed by atoms with Gasteiger partial charge in [-0.3, -0.25) is 9.59 Å². The Labute approximate surface area is 147 Å². The molecule has 0 heterocycles. The highest BCUT2D eigenvalue weighted by molar-refractivity contribution is 6.34. The third-order valence-corrected chi connectivity index (χ3v) is 4.19. The van der Waals surface area contributed by atoms with E-state index in [9.17, 15) is 9.59 Å². The van der Waals surface area contributed by atoms with Crippen LogP contribution < -0.4 is 0 Å². The van der Waals surface area contributed by atoms with Crippen LogP contribution in [0.1, 0.15) is 38.8 Å². The quantitative estimate of drug-likeness (QED) is 0.275. The van der Waals surface area contributed by atoms with Crippen LogP contribution in [0.4, 0.5) is 0 Å². The third kappa shape index (κ3) is 3.48. The maximum Gasteiger partial charge on any atom is 0.193 e. The van der Waals surface area contributed by atoms with Crippen LogP contribution in [0.2, 0.25) is 0 Å². The Morgan fingerprint density at radius 1 is 0.720 bits per heavy atom. The third-order valence-electron chi connectivity index (χ3n) is 4.19. The van der Waals surface area contributed by atoms with Gasteiger partial charge in [0.15, 0.2) is 12.1 Å². The SMILES string of the molecule is C/C(=C(/C(=O)c1ccccc1)c1ccccc1)c1ccccc1C=O. The topological polar surface area (TPSA) is 34.1 Å². The summed E-state index contributed by atoms with van der Waals surface area (Å²) in [6.07, 6.45) is 0.828. The van der Waals surface area contributed by atoms with Gasteiger partial charge in [0.2, 0.25) is 0 Å². The predicted octanol–water partition coefficient (Wildman–Crippen LogP) is 5.31. The lowest BCUT2D eigenvalue weighted by Gasteiger charge is -2.14.